The Morgan fingerprint density at radius 3 is 2.43 bits per heavy atom. The van der Waals surface area contributed by atoms with Crippen LogP contribution in [0, 0.1) is 0 Å². The molecule has 2 fully saturated rings. The first-order chi connectivity index (χ1) is 20.7. The minimum atomic E-state index is -0.182. The number of hydrogen-bond donors (Lipinski definition) is 1. The van der Waals surface area contributed by atoms with Gasteiger partial charge >= 0.3 is 0 Å². The number of anilines is 1. The Morgan fingerprint density at radius 2 is 1.67 bits per heavy atom. The largest absolute Gasteiger partial charge is 0.490 e. The molecule has 2 saturated heterocycles. The SMILES string of the molecule is COCCCN1CCOc2ccc(CO[C@H]3CNC[C@@H](OCC(=O)N4CCCCC4)[C@@H]3c3ccc(COC)cc3)cc21. The Morgan fingerprint density at radius 1 is 0.905 bits per heavy atom. The maximum Gasteiger partial charge on any atom is 0.248 e. The second-order valence-electron chi connectivity index (χ2n) is 11.5. The van der Waals surface area contributed by atoms with Gasteiger partial charge in [0, 0.05) is 59.5 Å². The Bertz CT molecular complexity index is 1120. The van der Waals surface area contributed by atoms with Crippen LogP contribution in [0.1, 0.15) is 48.3 Å². The van der Waals surface area contributed by atoms with Gasteiger partial charge in [0.2, 0.25) is 5.91 Å². The Hall–Kier alpha value is -2.69. The fourth-order valence-electron chi connectivity index (χ4n) is 6.27. The molecule has 0 unspecified atom stereocenters. The lowest BCUT2D eigenvalue weighted by molar-refractivity contribution is -0.141. The summed E-state index contributed by atoms with van der Waals surface area (Å²) in [5.74, 6) is 0.990. The molecule has 42 heavy (non-hydrogen) atoms. The highest BCUT2D eigenvalue weighted by Crippen LogP contribution is 2.34. The van der Waals surface area contributed by atoms with Gasteiger partial charge in [0.05, 0.1) is 37.7 Å². The molecule has 1 amide bonds. The molecular weight excluding hydrogens is 534 g/mol. The van der Waals surface area contributed by atoms with Gasteiger partial charge in [0.25, 0.3) is 0 Å². The highest BCUT2D eigenvalue weighted by atomic mass is 16.5. The minimum absolute atomic E-state index is 0.0106. The molecular formula is C33H47N3O6. The summed E-state index contributed by atoms with van der Waals surface area (Å²) in [6.45, 7) is 7.41. The van der Waals surface area contributed by atoms with E-state index in [0.29, 0.717) is 32.9 Å². The van der Waals surface area contributed by atoms with Crippen molar-refractivity contribution in [1.82, 2.24) is 10.2 Å². The smallest absolute Gasteiger partial charge is 0.248 e. The zero-order valence-electron chi connectivity index (χ0n) is 25.2. The number of nitrogens with one attached hydrogen (secondary N) is 1. The highest BCUT2D eigenvalue weighted by molar-refractivity contribution is 5.77. The van der Waals surface area contributed by atoms with Crippen LogP contribution in [0.2, 0.25) is 0 Å². The van der Waals surface area contributed by atoms with Crippen LogP contribution in [0.5, 0.6) is 5.75 Å². The second kappa shape index (κ2) is 15.7. The molecule has 2 aromatic carbocycles. The van der Waals surface area contributed by atoms with Gasteiger partial charge < -0.3 is 38.8 Å². The molecule has 0 saturated carbocycles. The zero-order valence-corrected chi connectivity index (χ0v) is 25.2. The van der Waals surface area contributed by atoms with Crippen LogP contribution >= 0.6 is 0 Å². The molecule has 1 N–H and O–H groups in total. The van der Waals surface area contributed by atoms with Gasteiger partial charge in [-0.1, -0.05) is 30.3 Å². The van der Waals surface area contributed by atoms with Crippen LogP contribution in [0.25, 0.3) is 0 Å². The fraction of sp³-hybridized carbons (Fsp3) is 0.606. The quantitative estimate of drug-likeness (QED) is 0.359. The molecule has 0 radical (unpaired) electrons. The predicted molar refractivity (Wildman–Crippen MR) is 162 cm³/mol. The maximum atomic E-state index is 12.9. The molecule has 0 aliphatic carbocycles. The summed E-state index contributed by atoms with van der Waals surface area (Å²) in [5, 5.41) is 3.51. The molecule has 3 aliphatic rings. The third-order valence-corrected chi connectivity index (χ3v) is 8.52. The normalized spacial score (nSPS) is 22.5. The summed E-state index contributed by atoms with van der Waals surface area (Å²) in [4.78, 5) is 17.3. The molecule has 230 valence electrons. The first kappa shape index (κ1) is 30.8. The molecule has 0 bridgehead atoms. The molecule has 5 rings (SSSR count). The van der Waals surface area contributed by atoms with Crippen LogP contribution < -0.4 is 15.0 Å². The van der Waals surface area contributed by atoms with Gasteiger partial charge in [0.1, 0.15) is 19.0 Å². The first-order valence-electron chi connectivity index (χ1n) is 15.5. The number of hydrogen-bond acceptors (Lipinski definition) is 8. The van der Waals surface area contributed by atoms with E-state index in [9.17, 15) is 4.79 Å². The number of fused-ring (bicyclic) bond motifs is 1. The monoisotopic (exact) mass is 581 g/mol. The van der Waals surface area contributed by atoms with Crippen molar-refractivity contribution in [3.8, 4) is 5.75 Å². The Balaban J connectivity index is 1.29. The van der Waals surface area contributed by atoms with Crippen LogP contribution in [-0.2, 0) is 37.0 Å². The van der Waals surface area contributed by atoms with E-state index in [1.165, 1.54) is 6.42 Å². The van der Waals surface area contributed by atoms with E-state index in [0.717, 1.165) is 80.2 Å². The van der Waals surface area contributed by atoms with Crippen molar-refractivity contribution in [2.75, 3.05) is 78.2 Å². The lowest BCUT2D eigenvalue weighted by atomic mass is 9.85. The average Bonchev–Trinajstić information content (AvgIpc) is 3.04. The maximum absolute atomic E-state index is 12.9. The van der Waals surface area contributed by atoms with E-state index in [2.05, 4.69) is 52.7 Å². The fourth-order valence-corrected chi connectivity index (χ4v) is 6.27. The van der Waals surface area contributed by atoms with Crippen LogP contribution in [0.15, 0.2) is 42.5 Å². The van der Waals surface area contributed by atoms with Gasteiger partial charge in [0.15, 0.2) is 0 Å². The van der Waals surface area contributed by atoms with Crippen molar-refractivity contribution in [1.29, 1.82) is 0 Å². The number of carbonyl (C=O) groups is 1. The van der Waals surface area contributed by atoms with Gasteiger partial charge in [-0.05, 0) is 54.5 Å². The number of ether oxygens (including phenoxy) is 5. The van der Waals surface area contributed by atoms with Crippen molar-refractivity contribution in [2.45, 2.75) is 57.0 Å². The van der Waals surface area contributed by atoms with Gasteiger partial charge in [-0.3, -0.25) is 4.79 Å². The predicted octanol–water partition coefficient (Wildman–Crippen LogP) is 3.74. The first-order valence-corrected chi connectivity index (χ1v) is 15.5. The zero-order chi connectivity index (χ0) is 29.1. The Labute approximate surface area is 250 Å². The Kier molecular flexibility index (Phi) is 11.5. The highest BCUT2D eigenvalue weighted by Gasteiger charge is 2.37. The van der Waals surface area contributed by atoms with Crippen LogP contribution in [0.3, 0.4) is 0 Å². The lowest BCUT2D eigenvalue weighted by Gasteiger charge is -2.39. The summed E-state index contributed by atoms with van der Waals surface area (Å²) in [5.41, 5.74) is 4.49. The van der Waals surface area contributed by atoms with E-state index >= 15 is 0 Å². The van der Waals surface area contributed by atoms with Crippen LogP contribution in [-0.4, -0.2) is 96.3 Å². The molecule has 3 heterocycles. The van der Waals surface area contributed by atoms with Gasteiger partial charge in [-0.2, -0.15) is 0 Å². The van der Waals surface area contributed by atoms with E-state index in [1.54, 1.807) is 14.2 Å². The third kappa shape index (κ3) is 8.02. The van der Waals surface area contributed by atoms with Crippen molar-refractivity contribution in [2.24, 2.45) is 0 Å². The topological polar surface area (TPSA) is 81.7 Å². The number of piperidine rings is 2. The van der Waals surface area contributed by atoms with E-state index in [1.807, 2.05) is 4.90 Å². The summed E-state index contributed by atoms with van der Waals surface area (Å²) in [6, 6.07) is 14.9. The summed E-state index contributed by atoms with van der Waals surface area (Å²) in [6.07, 6.45) is 4.01. The second-order valence-corrected chi connectivity index (χ2v) is 11.5. The van der Waals surface area contributed by atoms with Crippen LogP contribution in [0.4, 0.5) is 5.69 Å². The summed E-state index contributed by atoms with van der Waals surface area (Å²) >= 11 is 0. The number of rotatable bonds is 13. The van der Waals surface area contributed by atoms with Gasteiger partial charge in [-0.25, -0.2) is 0 Å². The van der Waals surface area contributed by atoms with Crippen molar-refractivity contribution < 1.29 is 28.5 Å². The molecule has 9 nitrogen and oxygen atoms in total. The average molecular weight is 582 g/mol. The molecule has 0 spiro atoms. The number of amides is 1. The number of likely N-dealkylation sites (tertiary alicyclic amines) is 1. The minimum Gasteiger partial charge on any atom is -0.490 e. The van der Waals surface area contributed by atoms with E-state index in [4.69, 9.17) is 23.7 Å². The van der Waals surface area contributed by atoms with Crippen molar-refractivity contribution >= 4 is 11.6 Å². The van der Waals surface area contributed by atoms with E-state index < -0.39 is 0 Å². The molecule has 2 aromatic rings. The molecule has 3 aliphatic heterocycles. The molecule has 3 atom stereocenters. The summed E-state index contributed by atoms with van der Waals surface area (Å²) < 4.78 is 29.5. The number of benzene rings is 2. The van der Waals surface area contributed by atoms with Crippen molar-refractivity contribution in [3.05, 3.63) is 59.2 Å². The lowest BCUT2D eigenvalue weighted by Crippen LogP contribution is -2.51. The third-order valence-electron chi connectivity index (χ3n) is 8.52. The number of carbonyl (C=O) groups excluding carboxylic acids is 1. The van der Waals surface area contributed by atoms with E-state index in [-0.39, 0.29) is 30.6 Å². The summed E-state index contributed by atoms with van der Waals surface area (Å²) in [7, 11) is 3.45. The number of nitrogens with zero attached hydrogens (tertiary/aromatic N) is 2. The number of methoxy groups -OCH3 is 2. The standard InChI is InChI=1S/C33H47N3O6/c1-38-17-6-15-35-16-18-40-29-12-9-26(19-28(29)35)23-41-30-20-34-21-31(42-24-32(37)36-13-4-3-5-14-36)33(30)27-10-7-25(8-11-27)22-39-2/h7-12,19,30-31,33-34H,3-6,13-18,20-24H2,1-2H3/t30-,31+,33+/m0/s1. The van der Waals surface area contributed by atoms with Crippen molar-refractivity contribution in [3.63, 3.8) is 0 Å². The molecule has 9 heteroatoms. The van der Waals surface area contributed by atoms with Gasteiger partial charge in [-0.15, -0.1) is 0 Å². The molecule has 0 aromatic heterocycles.